The van der Waals surface area contributed by atoms with Gasteiger partial charge in [0.1, 0.15) is 0 Å². The maximum Gasteiger partial charge on any atom is 0.0594 e. The van der Waals surface area contributed by atoms with Gasteiger partial charge in [0.25, 0.3) is 0 Å². The molecule has 0 aromatic heterocycles. The standard InChI is InChI=1S/C10H21NO/c1-8(2)12-5-4-11-10-6-9(3)7-10/h8-11H,4-7H2,1-3H3. The molecule has 0 aromatic carbocycles. The van der Waals surface area contributed by atoms with Crippen LogP contribution in [0.4, 0.5) is 0 Å². The van der Waals surface area contributed by atoms with Gasteiger partial charge >= 0.3 is 0 Å². The van der Waals surface area contributed by atoms with Crippen LogP contribution in [0.2, 0.25) is 0 Å². The van der Waals surface area contributed by atoms with Crippen molar-refractivity contribution in [2.75, 3.05) is 13.2 Å². The molecule has 0 amide bonds. The Hall–Kier alpha value is -0.0800. The van der Waals surface area contributed by atoms with E-state index in [-0.39, 0.29) is 0 Å². The highest BCUT2D eigenvalue weighted by atomic mass is 16.5. The molecule has 1 saturated carbocycles. The van der Waals surface area contributed by atoms with Crippen molar-refractivity contribution in [3.05, 3.63) is 0 Å². The fourth-order valence-corrected chi connectivity index (χ4v) is 1.63. The van der Waals surface area contributed by atoms with Crippen LogP contribution < -0.4 is 5.32 Å². The van der Waals surface area contributed by atoms with Gasteiger partial charge in [-0.15, -0.1) is 0 Å². The second-order valence-corrected chi connectivity index (χ2v) is 4.15. The first kappa shape index (κ1) is 10.0. The first-order chi connectivity index (χ1) is 5.68. The molecule has 72 valence electrons. The Labute approximate surface area is 75.7 Å². The lowest BCUT2D eigenvalue weighted by Crippen LogP contribution is -2.41. The fourth-order valence-electron chi connectivity index (χ4n) is 1.63. The van der Waals surface area contributed by atoms with Crippen molar-refractivity contribution in [1.29, 1.82) is 0 Å². The van der Waals surface area contributed by atoms with E-state index in [1.807, 2.05) is 0 Å². The Balaban J connectivity index is 1.83. The molecular formula is C10H21NO. The largest absolute Gasteiger partial charge is 0.377 e. The molecule has 1 rings (SSSR count). The van der Waals surface area contributed by atoms with E-state index >= 15 is 0 Å². The van der Waals surface area contributed by atoms with Crippen molar-refractivity contribution < 1.29 is 4.74 Å². The molecular weight excluding hydrogens is 150 g/mol. The van der Waals surface area contributed by atoms with Crippen LogP contribution in [0.3, 0.4) is 0 Å². The second kappa shape index (κ2) is 4.83. The van der Waals surface area contributed by atoms with E-state index in [1.165, 1.54) is 12.8 Å². The van der Waals surface area contributed by atoms with Gasteiger partial charge in [0.05, 0.1) is 12.7 Å². The van der Waals surface area contributed by atoms with Crippen molar-refractivity contribution in [3.8, 4) is 0 Å². The molecule has 2 nitrogen and oxygen atoms in total. The highest BCUT2D eigenvalue weighted by molar-refractivity contribution is 4.81. The highest BCUT2D eigenvalue weighted by Gasteiger charge is 2.23. The molecule has 1 N–H and O–H groups in total. The van der Waals surface area contributed by atoms with Crippen molar-refractivity contribution in [3.63, 3.8) is 0 Å². The number of hydrogen-bond acceptors (Lipinski definition) is 2. The quantitative estimate of drug-likeness (QED) is 0.637. The second-order valence-electron chi connectivity index (χ2n) is 4.15. The van der Waals surface area contributed by atoms with Crippen LogP contribution >= 0.6 is 0 Å². The van der Waals surface area contributed by atoms with E-state index in [1.54, 1.807) is 0 Å². The molecule has 0 radical (unpaired) electrons. The molecule has 0 bridgehead atoms. The summed E-state index contributed by atoms with van der Waals surface area (Å²) in [5, 5.41) is 3.48. The van der Waals surface area contributed by atoms with Gasteiger partial charge in [-0.05, 0) is 32.6 Å². The van der Waals surface area contributed by atoms with E-state index in [0.717, 1.165) is 25.1 Å². The molecule has 1 aliphatic carbocycles. The first-order valence-corrected chi connectivity index (χ1v) is 5.03. The van der Waals surface area contributed by atoms with Crippen molar-refractivity contribution in [1.82, 2.24) is 5.32 Å². The van der Waals surface area contributed by atoms with Crippen LogP contribution in [0.1, 0.15) is 33.6 Å². The van der Waals surface area contributed by atoms with Gasteiger partial charge in [0.15, 0.2) is 0 Å². The number of hydrogen-bond donors (Lipinski definition) is 1. The topological polar surface area (TPSA) is 21.3 Å². The predicted molar refractivity (Wildman–Crippen MR) is 51.3 cm³/mol. The normalized spacial score (nSPS) is 29.0. The van der Waals surface area contributed by atoms with E-state index in [4.69, 9.17) is 4.74 Å². The zero-order valence-electron chi connectivity index (χ0n) is 8.47. The summed E-state index contributed by atoms with van der Waals surface area (Å²) in [4.78, 5) is 0. The van der Waals surface area contributed by atoms with Crippen LogP contribution in [0.25, 0.3) is 0 Å². The van der Waals surface area contributed by atoms with Crippen LogP contribution in [-0.4, -0.2) is 25.3 Å². The summed E-state index contributed by atoms with van der Waals surface area (Å²) in [5.41, 5.74) is 0. The lowest BCUT2D eigenvalue weighted by molar-refractivity contribution is 0.0755. The Bertz CT molecular complexity index is 119. The Morgan fingerprint density at radius 1 is 1.42 bits per heavy atom. The minimum atomic E-state index is 0.368. The Morgan fingerprint density at radius 2 is 2.08 bits per heavy atom. The average Bonchev–Trinajstić information content (AvgIpc) is 1.93. The van der Waals surface area contributed by atoms with Gasteiger partial charge in [-0.1, -0.05) is 6.92 Å². The van der Waals surface area contributed by atoms with E-state index in [9.17, 15) is 0 Å². The lowest BCUT2D eigenvalue weighted by Gasteiger charge is -2.33. The Kier molecular flexibility index (Phi) is 4.02. The molecule has 12 heavy (non-hydrogen) atoms. The summed E-state index contributed by atoms with van der Waals surface area (Å²) < 4.78 is 5.43. The van der Waals surface area contributed by atoms with E-state index in [0.29, 0.717) is 6.10 Å². The molecule has 1 aliphatic rings. The highest BCUT2D eigenvalue weighted by Crippen LogP contribution is 2.25. The summed E-state index contributed by atoms with van der Waals surface area (Å²) >= 11 is 0. The zero-order chi connectivity index (χ0) is 8.97. The van der Waals surface area contributed by atoms with E-state index < -0.39 is 0 Å². The summed E-state index contributed by atoms with van der Waals surface area (Å²) in [5.74, 6) is 0.938. The fraction of sp³-hybridized carbons (Fsp3) is 1.00. The molecule has 0 spiro atoms. The third-order valence-corrected chi connectivity index (χ3v) is 2.36. The summed E-state index contributed by atoms with van der Waals surface area (Å²) in [7, 11) is 0. The third kappa shape index (κ3) is 3.55. The maximum atomic E-state index is 5.43. The molecule has 0 atom stereocenters. The smallest absolute Gasteiger partial charge is 0.0594 e. The van der Waals surface area contributed by atoms with Crippen LogP contribution in [0.15, 0.2) is 0 Å². The summed E-state index contributed by atoms with van der Waals surface area (Å²) in [6.07, 6.45) is 3.07. The summed E-state index contributed by atoms with van der Waals surface area (Å²) in [6, 6.07) is 0.774. The molecule has 0 aliphatic heterocycles. The minimum Gasteiger partial charge on any atom is -0.377 e. The maximum absolute atomic E-state index is 5.43. The van der Waals surface area contributed by atoms with Crippen molar-refractivity contribution >= 4 is 0 Å². The summed E-state index contributed by atoms with van der Waals surface area (Å²) in [6.45, 7) is 8.32. The first-order valence-electron chi connectivity index (χ1n) is 5.03. The van der Waals surface area contributed by atoms with Crippen molar-refractivity contribution in [2.45, 2.75) is 45.8 Å². The van der Waals surface area contributed by atoms with Crippen LogP contribution in [0, 0.1) is 5.92 Å². The van der Waals surface area contributed by atoms with Gasteiger partial charge in [-0.25, -0.2) is 0 Å². The predicted octanol–water partition coefficient (Wildman–Crippen LogP) is 1.80. The molecule has 0 aromatic rings. The number of ether oxygens (including phenoxy) is 1. The molecule has 0 heterocycles. The van der Waals surface area contributed by atoms with Gasteiger partial charge in [-0.3, -0.25) is 0 Å². The lowest BCUT2D eigenvalue weighted by atomic mass is 9.82. The average molecular weight is 171 g/mol. The van der Waals surface area contributed by atoms with Gasteiger partial charge in [0.2, 0.25) is 0 Å². The van der Waals surface area contributed by atoms with Gasteiger partial charge in [0, 0.05) is 12.6 Å². The number of nitrogens with one attached hydrogen (secondary N) is 1. The molecule has 0 unspecified atom stereocenters. The molecule has 0 saturated heterocycles. The minimum absolute atomic E-state index is 0.368. The van der Waals surface area contributed by atoms with Gasteiger partial charge < -0.3 is 10.1 Å². The van der Waals surface area contributed by atoms with Crippen LogP contribution in [0.5, 0.6) is 0 Å². The monoisotopic (exact) mass is 171 g/mol. The molecule has 1 fully saturated rings. The zero-order valence-corrected chi connectivity index (χ0v) is 8.47. The van der Waals surface area contributed by atoms with Crippen molar-refractivity contribution in [2.24, 2.45) is 5.92 Å². The van der Waals surface area contributed by atoms with Crippen LogP contribution in [-0.2, 0) is 4.74 Å². The molecule has 2 heteroatoms. The SMILES string of the molecule is CC1CC(NCCOC(C)C)C1. The third-order valence-electron chi connectivity index (χ3n) is 2.36. The Morgan fingerprint density at radius 3 is 2.58 bits per heavy atom. The van der Waals surface area contributed by atoms with E-state index in [2.05, 4.69) is 26.1 Å². The van der Waals surface area contributed by atoms with Gasteiger partial charge in [-0.2, -0.15) is 0 Å². The number of rotatable bonds is 5.